The Morgan fingerprint density at radius 1 is 1.23 bits per heavy atom. The van der Waals surface area contributed by atoms with E-state index >= 15 is 0 Å². The molecule has 0 saturated carbocycles. The molecule has 0 aliphatic rings. The number of carbonyl (C=O) groups excluding carboxylic acids is 2. The summed E-state index contributed by atoms with van der Waals surface area (Å²) in [5, 5.41) is 11.1. The van der Waals surface area contributed by atoms with Crippen molar-refractivity contribution in [3.63, 3.8) is 0 Å². The van der Waals surface area contributed by atoms with Crippen LogP contribution in [0.4, 0.5) is 5.69 Å². The third kappa shape index (κ3) is 3.79. The van der Waals surface area contributed by atoms with Crippen molar-refractivity contribution < 1.29 is 14.3 Å². The van der Waals surface area contributed by atoms with Gasteiger partial charge in [-0.2, -0.15) is 0 Å². The molecule has 1 aromatic heterocycles. The number of benzene rings is 2. The Balaban J connectivity index is 1.63. The summed E-state index contributed by atoms with van der Waals surface area (Å²) in [6.07, 6.45) is 0. The summed E-state index contributed by atoms with van der Waals surface area (Å²) in [4.78, 5) is 24.1. The third-order valence-corrected chi connectivity index (χ3v) is 4.43. The van der Waals surface area contributed by atoms with Gasteiger partial charge >= 0.3 is 5.97 Å². The highest BCUT2D eigenvalue weighted by Crippen LogP contribution is 2.29. The van der Waals surface area contributed by atoms with E-state index in [0.717, 1.165) is 5.52 Å². The van der Waals surface area contributed by atoms with Gasteiger partial charge in [0.25, 0.3) is 5.91 Å². The van der Waals surface area contributed by atoms with E-state index in [4.69, 9.17) is 27.9 Å². The van der Waals surface area contributed by atoms with E-state index in [1.54, 1.807) is 41.1 Å². The number of nitrogens with zero attached hydrogens (tertiary/aromatic N) is 3. The number of halogens is 2. The fraction of sp³-hybridized carbons (Fsp3) is 0.176. The van der Waals surface area contributed by atoms with E-state index in [-0.39, 0.29) is 10.6 Å². The highest BCUT2D eigenvalue weighted by molar-refractivity contribution is 6.44. The molecule has 2 aromatic carbocycles. The fourth-order valence-corrected chi connectivity index (χ4v) is 2.68. The quantitative estimate of drug-likeness (QED) is 0.670. The number of hydrogen-bond donors (Lipinski definition) is 1. The summed E-state index contributed by atoms with van der Waals surface area (Å²) >= 11 is 11.9. The second-order valence-electron chi connectivity index (χ2n) is 5.33. The molecule has 0 atom stereocenters. The number of esters is 1. The Hall–Kier alpha value is -2.64. The predicted octanol–water partition coefficient (Wildman–Crippen LogP) is 3.55. The molecule has 1 heterocycles. The normalized spacial score (nSPS) is 10.7. The Kier molecular flexibility index (Phi) is 5.39. The smallest absolute Gasteiger partial charge is 0.338 e. The maximum atomic E-state index is 12.1. The van der Waals surface area contributed by atoms with Crippen LogP contribution in [0.15, 0.2) is 36.4 Å². The second-order valence-corrected chi connectivity index (χ2v) is 6.12. The highest BCUT2D eigenvalue weighted by atomic mass is 35.5. The van der Waals surface area contributed by atoms with Crippen LogP contribution in [0.3, 0.4) is 0 Å². The van der Waals surface area contributed by atoms with Crippen molar-refractivity contribution in [1.29, 1.82) is 0 Å². The number of aryl methyl sites for hydroxylation is 1. The number of amides is 1. The average molecular weight is 393 g/mol. The molecule has 0 aliphatic heterocycles. The van der Waals surface area contributed by atoms with E-state index in [1.165, 1.54) is 0 Å². The minimum Gasteiger partial charge on any atom is -0.452 e. The first-order valence-corrected chi connectivity index (χ1v) is 8.49. The molecule has 9 heteroatoms. The number of carbonyl (C=O) groups is 2. The van der Waals surface area contributed by atoms with Gasteiger partial charge in [0, 0.05) is 6.54 Å². The molecule has 0 fully saturated rings. The van der Waals surface area contributed by atoms with Crippen molar-refractivity contribution in [3.05, 3.63) is 52.0 Å². The topological polar surface area (TPSA) is 86.1 Å². The van der Waals surface area contributed by atoms with Gasteiger partial charge in [0.2, 0.25) is 0 Å². The lowest BCUT2D eigenvalue weighted by molar-refractivity contribution is -0.119. The lowest BCUT2D eigenvalue weighted by Gasteiger charge is -2.09. The molecule has 0 spiro atoms. The van der Waals surface area contributed by atoms with Crippen LogP contribution < -0.4 is 5.32 Å². The molecule has 3 aromatic rings. The Bertz CT molecular complexity index is 987. The number of ether oxygens (including phenoxy) is 1. The lowest BCUT2D eigenvalue weighted by Crippen LogP contribution is -2.21. The molecule has 0 bridgehead atoms. The van der Waals surface area contributed by atoms with E-state index in [2.05, 4.69) is 15.6 Å². The summed E-state index contributed by atoms with van der Waals surface area (Å²) in [6.45, 7) is 2.16. The van der Waals surface area contributed by atoms with Crippen LogP contribution in [0, 0.1) is 0 Å². The SMILES string of the molecule is CCn1nnc2cc(C(=O)OCC(=O)Nc3cccc(Cl)c3Cl)ccc21. The van der Waals surface area contributed by atoms with Crippen molar-refractivity contribution >= 4 is 51.8 Å². The number of rotatable bonds is 5. The second kappa shape index (κ2) is 7.72. The van der Waals surface area contributed by atoms with Gasteiger partial charge in [0.15, 0.2) is 6.61 Å². The van der Waals surface area contributed by atoms with Gasteiger partial charge in [-0.25, -0.2) is 9.48 Å². The molecule has 1 amide bonds. The number of aromatic nitrogens is 3. The Labute approximate surface area is 158 Å². The average Bonchev–Trinajstić information content (AvgIpc) is 3.05. The van der Waals surface area contributed by atoms with Gasteiger partial charge in [0.05, 0.1) is 26.8 Å². The molecule has 0 unspecified atom stereocenters. The van der Waals surface area contributed by atoms with Crippen LogP contribution in [-0.2, 0) is 16.1 Å². The summed E-state index contributed by atoms with van der Waals surface area (Å²) in [7, 11) is 0. The minimum absolute atomic E-state index is 0.221. The standard InChI is InChI=1S/C17H14Cl2N4O3/c1-2-23-14-7-6-10(8-13(14)21-22-23)17(25)26-9-15(24)20-12-5-3-4-11(18)16(12)19/h3-8H,2,9H2,1H3,(H,20,24). The van der Waals surface area contributed by atoms with Gasteiger partial charge in [-0.15, -0.1) is 5.10 Å². The molecule has 0 radical (unpaired) electrons. The maximum Gasteiger partial charge on any atom is 0.338 e. The first-order chi connectivity index (χ1) is 12.5. The van der Waals surface area contributed by atoms with Crippen LogP contribution in [-0.4, -0.2) is 33.5 Å². The molecule has 134 valence electrons. The molecule has 7 nitrogen and oxygen atoms in total. The molecule has 0 aliphatic carbocycles. The van der Waals surface area contributed by atoms with Crippen molar-refractivity contribution in [1.82, 2.24) is 15.0 Å². The van der Waals surface area contributed by atoms with Gasteiger partial charge in [-0.1, -0.05) is 34.5 Å². The van der Waals surface area contributed by atoms with Gasteiger partial charge in [-0.05, 0) is 37.3 Å². The van der Waals surface area contributed by atoms with Crippen LogP contribution in [0.2, 0.25) is 10.0 Å². The van der Waals surface area contributed by atoms with Crippen LogP contribution >= 0.6 is 23.2 Å². The largest absolute Gasteiger partial charge is 0.452 e. The van der Waals surface area contributed by atoms with Gasteiger partial charge in [-0.3, -0.25) is 4.79 Å². The van der Waals surface area contributed by atoms with Crippen molar-refractivity contribution in [2.75, 3.05) is 11.9 Å². The van der Waals surface area contributed by atoms with E-state index < -0.39 is 18.5 Å². The first-order valence-electron chi connectivity index (χ1n) is 7.74. The number of nitrogens with one attached hydrogen (secondary N) is 1. The zero-order chi connectivity index (χ0) is 18.7. The van der Waals surface area contributed by atoms with E-state index in [1.807, 2.05) is 6.92 Å². The summed E-state index contributed by atoms with van der Waals surface area (Å²) < 4.78 is 6.75. The van der Waals surface area contributed by atoms with E-state index in [0.29, 0.717) is 22.8 Å². The molecule has 26 heavy (non-hydrogen) atoms. The number of hydrogen-bond acceptors (Lipinski definition) is 5. The Morgan fingerprint density at radius 2 is 2.04 bits per heavy atom. The number of anilines is 1. The van der Waals surface area contributed by atoms with E-state index in [9.17, 15) is 9.59 Å². The lowest BCUT2D eigenvalue weighted by atomic mass is 10.2. The molecule has 0 saturated heterocycles. The van der Waals surface area contributed by atoms with Crippen LogP contribution in [0.25, 0.3) is 11.0 Å². The molecule has 3 rings (SSSR count). The van der Waals surface area contributed by atoms with Crippen molar-refractivity contribution in [2.45, 2.75) is 13.5 Å². The zero-order valence-electron chi connectivity index (χ0n) is 13.7. The number of fused-ring (bicyclic) bond motifs is 1. The first kappa shape index (κ1) is 18.2. The predicted molar refractivity (Wildman–Crippen MR) is 98.6 cm³/mol. The molecular formula is C17H14Cl2N4O3. The summed E-state index contributed by atoms with van der Waals surface area (Å²) in [5.41, 5.74) is 2.03. The summed E-state index contributed by atoms with van der Waals surface area (Å²) in [5.74, 6) is -1.16. The maximum absolute atomic E-state index is 12.1. The van der Waals surface area contributed by atoms with Crippen LogP contribution in [0.1, 0.15) is 17.3 Å². The monoisotopic (exact) mass is 392 g/mol. The van der Waals surface area contributed by atoms with Crippen molar-refractivity contribution in [2.24, 2.45) is 0 Å². The van der Waals surface area contributed by atoms with Crippen molar-refractivity contribution in [3.8, 4) is 0 Å². The Morgan fingerprint density at radius 3 is 2.81 bits per heavy atom. The molecular weight excluding hydrogens is 379 g/mol. The van der Waals surface area contributed by atoms with Gasteiger partial charge in [0.1, 0.15) is 5.52 Å². The zero-order valence-corrected chi connectivity index (χ0v) is 15.2. The molecule has 1 N–H and O–H groups in total. The minimum atomic E-state index is -0.634. The van der Waals surface area contributed by atoms with Crippen LogP contribution in [0.5, 0.6) is 0 Å². The third-order valence-electron chi connectivity index (χ3n) is 3.61. The summed E-state index contributed by atoms with van der Waals surface area (Å²) in [6, 6.07) is 9.76. The highest BCUT2D eigenvalue weighted by Gasteiger charge is 2.14. The fourth-order valence-electron chi connectivity index (χ4n) is 2.33. The van der Waals surface area contributed by atoms with Gasteiger partial charge < -0.3 is 10.1 Å².